The molecule has 0 amide bonds. The van der Waals surface area contributed by atoms with Crippen molar-refractivity contribution in [1.29, 1.82) is 0 Å². The van der Waals surface area contributed by atoms with Crippen LogP contribution in [0.2, 0.25) is 0 Å². The SMILES string of the molecule is Cc1ccc(C(C)C)cc1N1CCc2nc(-c3c(C)cccc3C)nc(N3CC(C)NCC3C)c2C1. The van der Waals surface area contributed by atoms with Gasteiger partial charge in [-0.15, -0.1) is 0 Å². The fourth-order valence-corrected chi connectivity index (χ4v) is 5.76. The summed E-state index contributed by atoms with van der Waals surface area (Å²) in [5.74, 6) is 2.52. The van der Waals surface area contributed by atoms with E-state index in [0.29, 0.717) is 18.0 Å². The van der Waals surface area contributed by atoms with E-state index in [1.165, 1.54) is 44.8 Å². The number of hydrogen-bond acceptors (Lipinski definition) is 5. The molecule has 5 nitrogen and oxygen atoms in total. The minimum absolute atomic E-state index is 0.382. The molecule has 1 saturated heterocycles. The molecule has 190 valence electrons. The molecule has 2 aliphatic heterocycles. The quantitative estimate of drug-likeness (QED) is 0.497. The zero-order valence-corrected chi connectivity index (χ0v) is 23.0. The third-order valence-electron chi connectivity index (χ3n) is 8.02. The first-order valence-corrected chi connectivity index (χ1v) is 13.5. The van der Waals surface area contributed by atoms with Gasteiger partial charge in [0.2, 0.25) is 0 Å². The molecule has 3 heterocycles. The number of benzene rings is 2. The van der Waals surface area contributed by atoms with E-state index in [9.17, 15) is 0 Å². The molecular formula is C31H41N5. The lowest BCUT2D eigenvalue weighted by molar-refractivity contribution is 0.421. The zero-order chi connectivity index (χ0) is 25.6. The molecule has 0 aliphatic carbocycles. The Labute approximate surface area is 217 Å². The van der Waals surface area contributed by atoms with Crippen LogP contribution in [0, 0.1) is 20.8 Å². The van der Waals surface area contributed by atoms with Crippen molar-refractivity contribution in [2.45, 2.75) is 79.4 Å². The molecule has 2 unspecified atom stereocenters. The molecule has 0 saturated carbocycles. The highest BCUT2D eigenvalue weighted by Crippen LogP contribution is 2.36. The summed E-state index contributed by atoms with van der Waals surface area (Å²) >= 11 is 0. The van der Waals surface area contributed by atoms with E-state index in [0.717, 1.165) is 44.2 Å². The minimum Gasteiger partial charge on any atom is -0.366 e. The Balaban J connectivity index is 1.63. The first-order valence-electron chi connectivity index (χ1n) is 13.5. The Bertz CT molecular complexity index is 1240. The minimum atomic E-state index is 0.382. The third-order valence-corrected chi connectivity index (χ3v) is 8.02. The average molecular weight is 484 g/mol. The van der Waals surface area contributed by atoms with Gasteiger partial charge >= 0.3 is 0 Å². The molecule has 5 heteroatoms. The Morgan fingerprint density at radius 3 is 2.44 bits per heavy atom. The standard InChI is InChI=1S/C31H41N5/c1-19(2)25-12-11-20(3)28(15-25)35-14-13-27-26(18-35)31(36-17-23(6)32-16-24(36)7)34-30(33-27)29-21(4)9-8-10-22(29)5/h8-12,15,19,23-24,32H,13-14,16-18H2,1-7H3. The van der Waals surface area contributed by atoms with Crippen molar-refractivity contribution in [3.8, 4) is 11.4 Å². The zero-order valence-electron chi connectivity index (χ0n) is 23.0. The molecule has 2 aliphatic rings. The second-order valence-electron chi connectivity index (χ2n) is 11.2. The lowest BCUT2D eigenvalue weighted by atomic mass is 9.97. The van der Waals surface area contributed by atoms with Gasteiger partial charge in [-0.25, -0.2) is 9.97 Å². The third kappa shape index (κ3) is 4.61. The maximum atomic E-state index is 5.34. The summed E-state index contributed by atoms with van der Waals surface area (Å²) < 4.78 is 0. The van der Waals surface area contributed by atoms with Crippen LogP contribution in [0.15, 0.2) is 36.4 Å². The number of fused-ring (bicyclic) bond motifs is 1. The number of rotatable bonds is 4. The monoisotopic (exact) mass is 483 g/mol. The number of anilines is 2. The predicted molar refractivity (Wildman–Crippen MR) is 151 cm³/mol. The van der Waals surface area contributed by atoms with Crippen LogP contribution < -0.4 is 15.1 Å². The van der Waals surface area contributed by atoms with E-state index in [1.54, 1.807) is 0 Å². The lowest BCUT2D eigenvalue weighted by Gasteiger charge is -2.41. The molecule has 0 bridgehead atoms. The number of aromatic nitrogens is 2. The van der Waals surface area contributed by atoms with Crippen LogP contribution in [0.5, 0.6) is 0 Å². The maximum absolute atomic E-state index is 5.34. The van der Waals surface area contributed by atoms with E-state index in [1.807, 2.05) is 0 Å². The highest BCUT2D eigenvalue weighted by atomic mass is 15.3. The fraction of sp³-hybridized carbons (Fsp3) is 0.484. The average Bonchev–Trinajstić information content (AvgIpc) is 2.85. The van der Waals surface area contributed by atoms with Gasteiger partial charge in [-0.05, 0) is 68.9 Å². The Morgan fingerprint density at radius 1 is 0.972 bits per heavy atom. The molecule has 1 N–H and O–H groups in total. The van der Waals surface area contributed by atoms with Crippen molar-refractivity contribution in [3.63, 3.8) is 0 Å². The van der Waals surface area contributed by atoms with Crippen molar-refractivity contribution < 1.29 is 0 Å². The van der Waals surface area contributed by atoms with Gasteiger partial charge in [0.05, 0.1) is 5.69 Å². The summed E-state index contributed by atoms with van der Waals surface area (Å²) in [5.41, 5.74) is 10.2. The smallest absolute Gasteiger partial charge is 0.162 e. The van der Waals surface area contributed by atoms with E-state index in [2.05, 4.69) is 100.0 Å². The molecule has 2 atom stereocenters. The van der Waals surface area contributed by atoms with Gasteiger partial charge in [-0.3, -0.25) is 0 Å². The molecule has 1 fully saturated rings. The van der Waals surface area contributed by atoms with Crippen molar-refractivity contribution in [1.82, 2.24) is 15.3 Å². The van der Waals surface area contributed by atoms with Gasteiger partial charge in [0.15, 0.2) is 5.82 Å². The molecule has 5 rings (SSSR count). The van der Waals surface area contributed by atoms with Crippen LogP contribution in [-0.2, 0) is 13.0 Å². The molecule has 0 spiro atoms. The molecular weight excluding hydrogens is 442 g/mol. The van der Waals surface area contributed by atoms with Crippen molar-refractivity contribution >= 4 is 11.5 Å². The van der Waals surface area contributed by atoms with Crippen LogP contribution in [0.4, 0.5) is 11.5 Å². The van der Waals surface area contributed by atoms with Gasteiger partial charge in [0.25, 0.3) is 0 Å². The highest BCUT2D eigenvalue weighted by molar-refractivity contribution is 5.68. The van der Waals surface area contributed by atoms with E-state index >= 15 is 0 Å². The van der Waals surface area contributed by atoms with Crippen LogP contribution in [-0.4, -0.2) is 41.7 Å². The number of nitrogens with zero attached hydrogens (tertiary/aromatic N) is 4. The van der Waals surface area contributed by atoms with E-state index in [-0.39, 0.29) is 0 Å². The van der Waals surface area contributed by atoms with Crippen LogP contribution >= 0.6 is 0 Å². The molecule has 36 heavy (non-hydrogen) atoms. The largest absolute Gasteiger partial charge is 0.366 e. The molecule has 3 aromatic rings. The number of aryl methyl sites for hydroxylation is 3. The number of hydrogen-bond donors (Lipinski definition) is 1. The Morgan fingerprint density at radius 2 is 1.72 bits per heavy atom. The van der Waals surface area contributed by atoms with E-state index in [4.69, 9.17) is 9.97 Å². The van der Waals surface area contributed by atoms with Gasteiger partial charge < -0.3 is 15.1 Å². The van der Waals surface area contributed by atoms with Gasteiger partial charge in [0.1, 0.15) is 5.82 Å². The second kappa shape index (κ2) is 9.85. The van der Waals surface area contributed by atoms with Gasteiger partial charge in [-0.1, -0.05) is 44.2 Å². The summed E-state index contributed by atoms with van der Waals surface area (Å²) in [4.78, 5) is 15.6. The normalized spacial score (nSPS) is 20.1. The first kappa shape index (κ1) is 24.8. The second-order valence-corrected chi connectivity index (χ2v) is 11.2. The van der Waals surface area contributed by atoms with Gasteiger partial charge in [-0.2, -0.15) is 0 Å². The fourth-order valence-electron chi connectivity index (χ4n) is 5.76. The van der Waals surface area contributed by atoms with Crippen molar-refractivity contribution in [3.05, 3.63) is 69.9 Å². The van der Waals surface area contributed by atoms with Crippen LogP contribution in [0.1, 0.15) is 67.1 Å². The van der Waals surface area contributed by atoms with Crippen molar-refractivity contribution in [2.24, 2.45) is 0 Å². The molecule has 2 aromatic carbocycles. The highest BCUT2D eigenvalue weighted by Gasteiger charge is 2.31. The lowest BCUT2D eigenvalue weighted by Crippen LogP contribution is -2.55. The summed E-state index contributed by atoms with van der Waals surface area (Å²) in [6.45, 7) is 19.5. The predicted octanol–water partition coefficient (Wildman–Crippen LogP) is 5.94. The van der Waals surface area contributed by atoms with Gasteiger partial charge in [0, 0.05) is 61.5 Å². The number of nitrogens with one attached hydrogen (secondary N) is 1. The Hall–Kier alpha value is -2.92. The summed E-state index contributed by atoms with van der Waals surface area (Å²) in [5, 5.41) is 3.64. The summed E-state index contributed by atoms with van der Waals surface area (Å²) in [6, 6.07) is 14.2. The molecule has 0 radical (unpaired) electrons. The van der Waals surface area contributed by atoms with E-state index < -0.39 is 0 Å². The van der Waals surface area contributed by atoms with Crippen LogP contribution in [0.3, 0.4) is 0 Å². The summed E-state index contributed by atoms with van der Waals surface area (Å²) in [7, 11) is 0. The maximum Gasteiger partial charge on any atom is 0.162 e. The number of piperazine rings is 1. The summed E-state index contributed by atoms with van der Waals surface area (Å²) in [6.07, 6.45) is 0.935. The first-order chi connectivity index (χ1) is 17.2. The molecule has 1 aromatic heterocycles. The van der Waals surface area contributed by atoms with Crippen LogP contribution in [0.25, 0.3) is 11.4 Å². The topological polar surface area (TPSA) is 44.3 Å². The Kier molecular flexibility index (Phi) is 6.78. The van der Waals surface area contributed by atoms with Crippen molar-refractivity contribution in [2.75, 3.05) is 29.4 Å².